The summed E-state index contributed by atoms with van der Waals surface area (Å²) in [4.78, 5) is 15.2. The molecule has 0 unspecified atom stereocenters. The number of hydrogen-bond donors (Lipinski definition) is 1. The average Bonchev–Trinajstić information content (AvgIpc) is 2.55. The molecular weight excluding hydrogens is 300 g/mol. The van der Waals surface area contributed by atoms with Crippen molar-refractivity contribution in [2.24, 2.45) is 5.92 Å². The van der Waals surface area contributed by atoms with Crippen molar-refractivity contribution >= 4 is 5.91 Å². The summed E-state index contributed by atoms with van der Waals surface area (Å²) in [6.07, 6.45) is 6.07. The van der Waals surface area contributed by atoms with Crippen LogP contribution in [0.15, 0.2) is 24.3 Å². The molecule has 2 aliphatic rings. The number of carbonyl (C=O) groups is 1. The van der Waals surface area contributed by atoms with E-state index in [2.05, 4.69) is 24.1 Å². The molecule has 1 aromatic carbocycles. The number of hydrogen-bond acceptors (Lipinski definition) is 3. The van der Waals surface area contributed by atoms with E-state index in [0.717, 1.165) is 18.6 Å². The van der Waals surface area contributed by atoms with Gasteiger partial charge in [-0.25, -0.2) is 0 Å². The van der Waals surface area contributed by atoms with Crippen LogP contribution in [0.1, 0.15) is 56.3 Å². The zero-order valence-electron chi connectivity index (χ0n) is 15.1. The Morgan fingerprint density at radius 2 is 1.83 bits per heavy atom. The van der Waals surface area contributed by atoms with E-state index in [1.54, 1.807) is 7.11 Å². The average molecular weight is 330 g/mol. The van der Waals surface area contributed by atoms with Crippen LogP contribution in [0.3, 0.4) is 0 Å². The maximum Gasteiger partial charge on any atom is 0.251 e. The Morgan fingerprint density at radius 3 is 2.38 bits per heavy atom. The first kappa shape index (κ1) is 17.3. The molecular formula is C20H30N2O2. The Kier molecular flexibility index (Phi) is 5.44. The smallest absolute Gasteiger partial charge is 0.251 e. The van der Waals surface area contributed by atoms with Gasteiger partial charge in [-0.2, -0.15) is 0 Å². The maximum absolute atomic E-state index is 12.5. The number of ether oxygens (including phenoxy) is 1. The van der Waals surface area contributed by atoms with Gasteiger partial charge in [-0.3, -0.25) is 9.69 Å². The second kappa shape index (κ2) is 7.56. The highest BCUT2D eigenvalue weighted by Crippen LogP contribution is 2.34. The minimum absolute atomic E-state index is 0.0398. The van der Waals surface area contributed by atoms with Gasteiger partial charge in [0, 0.05) is 30.2 Å². The summed E-state index contributed by atoms with van der Waals surface area (Å²) in [6.45, 7) is 5.79. The molecule has 0 aromatic heterocycles. The molecule has 2 atom stereocenters. The molecule has 0 radical (unpaired) electrons. The van der Waals surface area contributed by atoms with Crippen molar-refractivity contribution in [3.05, 3.63) is 29.8 Å². The monoisotopic (exact) mass is 330 g/mol. The number of nitrogens with one attached hydrogen (secondary N) is 1. The normalized spacial score (nSPS) is 27.1. The van der Waals surface area contributed by atoms with E-state index >= 15 is 0 Å². The predicted octanol–water partition coefficient (Wildman–Crippen LogP) is 3.47. The summed E-state index contributed by atoms with van der Waals surface area (Å²) >= 11 is 0. The lowest BCUT2D eigenvalue weighted by molar-refractivity contribution is 0.0158. The summed E-state index contributed by atoms with van der Waals surface area (Å²) < 4.78 is 5.16. The highest BCUT2D eigenvalue weighted by molar-refractivity contribution is 5.94. The van der Waals surface area contributed by atoms with Gasteiger partial charge in [0.2, 0.25) is 0 Å². The standard InChI is InChI=1S/C20H30N2O2/c1-14(2)13-22-17-5-4-6-18(22)12-16(11-17)21-20(23)15-7-9-19(24-3)10-8-15/h7-10,14,16-18H,4-6,11-13H2,1-3H3,(H,21,23)/t17-,18-/m1/s1. The van der Waals surface area contributed by atoms with Gasteiger partial charge in [-0.05, 0) is 55.9 Å². The Hall–Kier alpha value is -1.55. The quantitative estimate of drug-likeness (QED) is 0.899. The molecule has 1 aromatic rings. The molecule has 4 nitrogen and oxygen atoms in total. The summed E-state index contributed by atoms with van der Waals surface area (Å²) in [7, 11) is 1.64. The maximum atomic E-state index is 12.5. The summed E-state index contributed by atoms with van der Waals surface area (Å²) in [5.41, 5.74) is 0.713. The fraction of sp³-hybridized carbons (Fsp3) is 0.650. The SMILES string of the molecule is COc1ccc(C(=O)NC2C[C@H]3CCC[C@H](C2)N3CC(C)C)cc1. The predicted molar refractivity (Wildman–Crippen MR) is 96.5 cm³/mol. The van der Waals surface area contributed by atoms with Crippen LogP contribution in [-0.2, 0) is 0 Å². The molecule has 2 aliphatic heterocycles. The first-order chi connectivity index (χ1) is 11.6. The summed E-state index contributed by atoms with van der Waals surface area (Å²) in [5, 5.41) is 3.27. The minimum Gasteiger partial charge on any atom is -0.497 e. The molecule has 0 spiro atoms. The molecule has 0 aliphatic carbocycles. The van der Waals surface area contributed by atoms with Gasteiger partial charge in [-0.1, -0.05) is 20.3 Å². The number of amides is 1. The number of nitrogens with zero attached hydrogens (tertiary/aromatic N) is 1. The van der Waals surface area contributed by atoms with E-state index in [4.69, 9.17) is 4.74 Å². The van der Waals surface area contributed by atoms with Gasteiger partial charge < -0.3 is 10.1 Å². The van der Waals surface area contributed by atoms with Crippen molar-refractivity contribution in [1.29, 1.82) is 0 Å². The lowest BCUT2D eigenvalue weighted by Crippen LogP contribution is -2.57. The Labute approximate surface area is 145 Å². The zero-order chi connectivity index (χ0) is 17.1. The van der Waals surface area contributed by atoms with Gasteiger partial charge in [0.25, 0.3) is 5.91 Å². The number of carbonyl (C=O) groups excluding carboxylic acids is 1. The van der Waals surface area contributed by atoms with E-state index in [-0.39, 0.29) is 5.91 Å². The number of rotatable bonds is 5. The van der Waals surface area contributed by atoms with E-state index in [1.165, 1.54) is 25.8 Å². The largest absolute Gasteiger partial charge is 0.497 e. The van der Waals surface area contributed by atoms with Crippen LogP contribution in [-0.4, -0.2) is 42.6 Å². The van der Waals surface area contributed by atoms with Gasteiger partial charge in [0.05, 0.1) is 7.11 Å². The molecule has 2 bridgehead atoms. The molecule has 132 valence electrons. The molecule has 1 amide bonds. The minimum atomic E-state index is 0.0398. The van der Waals surface area contributed by atoms with Crippen LogP contribution in [0.2, 0.25) is 0 Å². The highest BCUT2D eigenvalue weighted by Gasteiger charge is 2.38. The molecule has 1 N–H and O–H groups in total. The van der Waals surface area contributed by atoms with E-state index in [0.29, 0.717) is 29.6 Å². The number of fused-ring (bicyclic) bond motifs is 2. The fourth-order valence-corrected chi connectivity index (χ4v) is 4.33. The van der Waals surface area contributed by atoms with E-state index in [1.807, 2.05) is 24.3 Å². The van der Waals surface area contributed by atoms with Crippen molar-refractivity contribution in [1.82, 2.24) is 10.2 Å². The molecule has 0 saturated carbocycles. The first-order valence-electron chi connectivity index (χ1n) is 9.27. The third kappa shape index (κ3) is 3.92. The second-order valence-electron chi connectivity index (χ2n) is 7.70. The van der Waals surface area contributed by atoms with Crippen molar-refractivity contribution < 1.29 is 9.53 Å². The Bertz CT molecular complexity index is 541. The fourth-order valence-electron chi connectivity index (χ4n) is 4.33. The van der Waals surface area contributed by atoms with E-state index < -0.39 is 0 Å². The third-order valence-electron chi connectivity index (χ3n) is 5.39. The summed E-state index contributed by atoms with van der Waals surface area (Å²) in [6, 6.07) is 8.94. The lowest BCUT2D eigenvalue weighted by atomic mass is 9.81. The van der Waals surface area contributed by atoms with Crippen LogP contribution >= 0.6 is 0 Å². The third-order valence-corrected chi connectivity index (χ3v) is 5.39. The van der Waals surface area contributed by atoms with Gasteiger partial charge >= 0.3 is 0 Å². The molecule has 4 heteroatoms. The van der Waals surface area contributed by atoms with Crippen LogP contribution < -0.4 is 10.1 Å². The van der Waals surface area contributed by atoms with Crippen LogP contribution in [0.5, 0.6) is 5.75 Å². The number of piperidine rings is 2. The Morgan fingerprint density at radius 1 is 1.21 bits per heavy atom. The molecule has 2 heterocycles. The van der Waals surface area contributed by atoms with Gasteiger partial charge in [0.15, 0.2) is 0 Å². The van der Waals surface area contributed by atoms with Gasteiger partial charge in [0.1, 0.15) is 5.75 Å². The Balaban J connectivity index is 1.61. The van der Waals surface area contributed by atoms with Crippen molar-refractivity contribution in [2.45, 2.75) is 64.1 Å². The van der Waals surface area contributed by atoms with Crippen molar-refractivity contribution in [2.75, 3.05) is 13.7 Å². The lowest BCUT2D eigenvalue weighted by Gasteiger charge is -2.49. The molecule has 2 fully saturated rings. The first-order valence-corrected chi connectivity index (χ1v) is 9.27. The second-order valence-corrected chi connectivity index (χ2v) is 7.70. The molecule has 24 heavy (non-hydrogen) atoms. The highest BCUT2D eigenvalue weighted by atomic mass is 16.5. The molecule has 2 saturated heterocycles. The van der Waals surface area contributed by atoms with Crippen LogP contribution in [0.25, 0.3) is 0 Å². The number of methoxy groups -OCH3 is 1. The topological polar surface area (TPSA) is 41.6 Å². The molecule has 3 rings (SSSR count). The van der Waals surface area contributed by atoms with E-state index in [9.17, 15) is 4.79 Å². The van der Waals surface area contributed by atoms with Crippen molar-refractivity contribution in [3.8, 4) is 5.75 Å². The zero-order valence-corrected chi connectivity index (χ0v) is 15.1. The van der Waals surface area contributed by atoms with Crippen LogP contribution in [0, 0.1) is 5.92 Å². The summed E-state index contributed by atoms with van der Waals surface area (Å²) in [5.74, 6) is 1.53. The van der Waals surface area contributed by atoms with Crippen LogP contribution in [0.4, 0.5) is 0 Å². The number of benzene rings is 1. The van der Waals surface area contributed by atoms with Crippen molar-refractivity contribution in [3.63, 3.8) is 0 Å². The van der Waals surface area contributed by atoms with Gasteiger partial charge in [-0.15, -0.1) is 0 Å².